The minimum atomic E-state index is 1.12. The molecule has 0 radical (unpaired) electrons. The van der Waals surface area contributed by atoms with Gasteiger partial charge in [-0.15, -0.1) is 11.3 Å². The zero-order valence-corrected chi connectivity index (χ0v) is 33.1. The van der Waals surface area contributed by atoms with Crippen molar-refractivity contribution in [1.29, 1.82) is 0 Å². The highest BCUT2D eigenvalue weighted by Crippen LogP contribution is 2.41. The summed E-state index contributed by atoms with van der Waals surface area (Å²) in [6, 6.07) is 83.5. The first-order valence-electron chi connectivity index (χ1n) is 20.1. The molecular weight excluding hydrogens is 733 g/mol. The van der Waals surface area contributed by atoms with Gasteiger partial charge >= 0.3 is 0 Å². The Kier molecular flexibility index (Phi) is 8.72. The van der Waals surface area contributed by atoms with Gasteiger partial charge < -0.3 is 9.47 Å². The smallest absolute Gasteiger partial charge is 0.0541 e. The molecule has 0 N–H and O–H groups in total. The van der Waals surface area contributed by atoms with Crippen molar-refractivity contribution in [2.45, 2.75) is 0 Å². The van der Waals surface area contributed by atoms with E-state index in [1.807, 2.05) is 11.3 Å². The summed E-state index contributed by atoms with van der Waals surface area (Å²) in [7, 11) is 0. The molecule has 2 heterocycles. The molecular formula is C56H38N2S. The van der Waals surface area contributed by atoms with Gasteiger partial charge in [-0.1, -0.05) is 158 Å². The zero-order valence-electron chi connectivity index (χ0n) is 32.2. The maximum Gasteiger partial charge on any atom is 0.0541 e. The summed E-state index contributed by atoms with van der Waals surface area (Å²) >= 11 is 1.84. The van der Waals surface area contributed by atoms with Crippen LogP contribution in [0.2, 0.25) is 0 Å². The molecule has 2 nitrogen and oxygen atoms in total. The number of benzene rings is 9. The summed E-state index contributed by atoms with van der Waals surface area (Å²) in [5, 5.41) is 4.95. The third kappa shape index (κ3) is 6.39. The number of para-hydroxylation sites is 2. The molecule has 0 spiro atoms. The van der Waals surface area contributed by atoms with Gasteiger partial charge in [0.05, 0.1) is 16.7 Å². The Morgan fingerprint density at radius 2 is 0.831 bits per heavy atom. The maximum atomic E-state index is 2.40. The third-order valence-electron chi connectivity index (χ3n) is 11.4. The highest BCUT2D eigenvalue weighted by molar-refractivity contribution is 7.18. The van der Waals surface area contributed by atoms with Gasteiger partial charge in [0.2, 0.25) is 0 Å². The summed E-state index contributed by atoms with van der Waals surface area (Å²) in [6.45, 7) is 0. The predicted octanol–water partition coefficient (Wildman–Crippen LogP) is 16.1. The molecule has 278 valence electrons. The molecule has 0 amide bonds. The standard InChI is InChI=1S/C56H38N2S/c1-3-13-43(14-4-1)55-36-37-56(59-55)44-24-22-41(23-25-44)45-30-35-54-51(38-45)50-19-9-10-20-53(50)58(54)48-33-28-40(29-34-48)39-26-31-47(32-27-39)57(46-16-5-2-6-17-46)52-21-11-15-42-12-7-8-18-49(42)52/h1-38H. The van der Waals surface area contributed by atoms with Crippen LogP contribution < -0.4 is 4.90 Å². The van der Waals surface area contributed by atoms with Crippen molar-refractivity contribution >= 4 is 61.0 Å². The predicted molar refractivity (Wildman–Crippen MR) is 253 cm³/mol. The first-order valence-corrected chi connectivity index (χ1v) is 20.9. The fourth-order valence-corrected chi connectivity index (χ4v) is 9.54. The molecule has 0 aliphatic carbocycles. The number of aromatic nitrogens is 1. The fourth-order valence-electron chi connectivity index (χ4n) is 8.52. The van der Waals surface area contributed by atoms with Crippen LogP contribution in [0.3, 0.4) is 0 Å². The number of hydrogen-bond acceptors (Lipinski definition) is 2. The quantitative estimate of drug-likeness (QED) is 0.149. The second-order valence-corrected chi connectivity index (χ2v) is 16.0. The SMILES string of the molecule is c1ccc(-c2ccc(-c3ccc(-c4ccc5c(c4)c4ccccc4n5-c4ccc(-c5ccc(N(c6ccccc6)c6cccc7ccccc67)cc5)cc4)cc3)s2)cc1. The molecule has 59 heavy (non-hydrogen) atoms. The van der Waals surface area contributed by atoms with Crippen molar-refractivity contribution in [2.24, 2.45) is 0 Å². The lowest BCUT2D eigenvalue weighted by Crippen LogP contribution is -2.10. The normalized spacial score (nSPS) is 11.4. The highest BCUT2D eigenvalue weighted by Gasteiger charge is 2.17. The molecule has 3 heteroatoms. The van der Waals surface area contributed by atoms with Crippen LogP contribution in [-0.2, 0) is 0 Å². The molecule has 0 saturated heterocycles. The van der Waals surface area contributed by atoms with Gasteiger partial charge in [-0.05, 0) is 112 Å². The molecule has 11 aromatic rings. The first-order chi connectivity index (χ1) is 29.2. The van der Waals surface area contributed by atoms with Gasteiger partial charge in [0.1, 0.15) is 0 Å². The van der Waals surface area contributed by atoms with Gasteiger partial charge in [0, 0.05) is 43.0 Å². The summed E-state index contributed by atoms with van der Waals surface area (Å²) in [5.41, 5.74) is 14.3. The van der Waals surface area contributed by atoms with Crippen molar-refractivity contribution in [3.63, 3.8) is 0 Å². The van der Waals surface area contributed by atoms with E-state index >= 15 is 0 Å². The molecule has 0 fully saturated rings. The molecule has 11 rings (SSSR count). The Morgan fingerprint density at radius 3 is 1.58 bits per heavy atom. The number of rotatable bonds is 8. The summed E-state index contributed by atoms with van der Waals surface area (Å²) in [6.07, 6.45) is 0. The van der Waals surface area contributed by atoms with Crippen molar-refractivity contribution < 1.29 is 0 Å². The number of hydrogen-bond donors (Lipinski definition) is 0. The van der Waals surface area contributed by atoms with Gasteiger partial charge in [-0.2, -0.15) is 0 Å². The minimum Gasteiger partial charge on any atom is -0.310 e. The molecule has 0 aliphatic rings. The highest BCUT2D eigenvalue weighted by atomic mass is 32.1. The number of nitrogens with zero attached hydrogens (tertiary/aromatic N) is 2. The average Bonchev–Trinajstić information content (AvgIpc) is 3.94. The minimum absolute atomic E-state index is 1.12. The summed E-state index contributed by atoms with van der Waals surface area (Å²) in [4.78, 5) is 4.92. The summed E-state index contributed by atoms with van der Waals surface area (Å²) < 4.78 is 2.40. The van der Waals surface area contributed by atoms with Gasteiger partial charge in [0.25, 0.3) is 0 Å². The van der Waals surface area contributed by atoms with Crippen LogP contribution in [0, 0.1) is 0 Å². The van der Waals surface area contributed by atoms with E-state index in [0.29, 0.717) is 0 Å². The second kappa shape index (κ2) is 14.8. The fraction of sp³-hybridized carbons (Fsp3) is 0. The van der Waals surface area contributed by atoms with E-state index in [-0.39, 0.29) is 0 Å². The van der Waals surface area contributed by atoms with E-state index < -0.39 is 0 Å². The van der Waals surface area contributed by atoms with Crippen LogP contribution in [0.5, 0.6) is 0 Å². The van der Waals surface area contributed by atoms with E-state index in [1.54, 1.807) is 0 Å². The van der Waals surface area contributed by atoms with Crippen LogP contribution in [-0.4, -0.2) is 4.57 Å². The van der Waals surface area contributed by atoms with Gasteiger partial charge in [0.15, 0.2) is 0 Å². The summed E-state index contributed by atoms with van der Waals surface area (Å²) in [5.74, 6) is 0. The van der Waals surface area contributed by atoms with Crippen LogP contribution >= 0.6 is 11.3 Å². The third-order valence-corrected chi connectivity index (χ3v) is 12.6. The van der Waals surface area contributed by atoms with Crippen LogP contribution in [0.15, 0.2) is 231 Å². The Morgan fingerprint density at radius 1 is 0.322 bits per heavy atom. The van der Waals surface area contributed by atoms with E-state index in [1.165, 1.54) is 75.7 Å². The number of thiophene rings is 1. The van der Waals surface area contributed by atoms with E-state index in [2.05, 4.69) is 240 Å². The van der Waals surface area contributed by atoms with E-state index in [9.17, 15) is 0 Å². The van der Waals surface area contributed by atoms with E-state index in [0.717, 1.165) is 22.7 Å². The number of fused-ring (bicyclic) bond motifs is 4. The Hall–Kier alpha value is -7.46. The molecule has 9 aromatic carbocycles. The van der Waals surface area contributed by atoms with Gasteiger partial charge in [-0.25, -0.2) is 0 Å². The largest absolute Gasteiger partial charge is 0.310 e. The zero-order chi connectivity index (χ0) is 39.1. The molecule has 0 aliphatic heterocycles. The molecule has 0 bridgehead atoms. The number of anilines is 3. The van der Waals surface area contributed by atoms with Crippen molar-refractivity contribution in [3.05, 3.63) is 231 Å². The van der Waals surface area contributed by atoms with Crippen molar-refractivity contribution in [1.82, 2.24) is 4.57 Å². The first kappa shape index (κ1) is 34.8. The van der Waals surface area contributed by atoms with Crippen LogP contribution in [0.4, 0.5) is 17.1 Å². The lowest BCUT2D eigenvalue weighted by atomic mass is 10.0. The average molecular weight is 771 g/mol. The van der Waals surface area contributed by atoms with E-state index in [4.69, 9.17) is 0 Å². The Labute approximate surface area is 348 Å². The molecule has 0 atom stereocenters. The Bertz CT molecular complexity index is 3230. The van der Waals surface area contributed by atoms with Crippen molar-refractivity contribution in [2.75, 3.05) is 4.90 Å². The maximum absolute atomic E-state index is 2.40. The molecule has 2 aromatic heterocycles. The lowest BCUT2D eigenvalue weighted by molar-refractivity contribution is 1.18. The second-order valence-electron chi connectivity index (χ2n) is 15.0. The molecule has 0 unspecified atom stereocenters. The van der Waals surface area contributed by atoms with Crippen LogP contribution in [0.1, 0.15) is 0 Å². The van der Waals surface area contributed by atoms with Gasteiger partial charge in [-0.3, -0.25) is 0 Å². The van der Waals surface area contributed by atoms with Crippen LogP contribution in [0.25, 0.3) is 81.4 Å². The Balaban J connectivity index is 0.893. The van der Waals surface area contributed by atoms with Crippen molar-refractivity contribution in [3.8, 4) is 48.8 Å². The lowest BCUT2D eigenvalue weighted by Gasteiger charge is -2.27. The monoisotopic (exact) mass is 770 g/mol. The topological polar surface area (TPSA) is 8.17 Å². The molecule has 0 saturated carbocycles.